The summed E-state index contributed by atoms with van der Waals surface area (Å²) < 4.78 is 1.66. The molecule has 4 heterocycles. The van der Waals surface area contributed by atoms with E-state index < -0.39 is 0 Å². The maximum atomic E-state index is 12.6. The minimum atomic E-state index is -0.194. The van der Waals surface area contributed by atoms with Gasteiger partial charge in [-0.15, -0.1) is 0 Å². The number of ketones is 1. The van der Waals surface area contributed by atoms with E-state index >= 15 is 0 Å². The molecule has 0 aliphatic carbocycles. The van der Waals surface area contributed by atoms with Crippen LogP contribution in [0.2, 0.25) is 0 Å². The molecule has 6 nitrogen and oxygen atoms in total. The Kier molecular flexibility index (Phi) is 3.12. The lowest BCUT2D eigenvalue weighted by atomic mass is 10.1. The standard InChI is InChI=1S/C17H11N5O/c23-16(14-3-1-2-7-19-14)13-11-21-22-15(6-10-20-17(13)22)12-4-8-18-9-5-12/h1-11H. The highest BCUT2D eigenvalue weighted by Gasteiger charge is 2.18. The first-order valence-electron chi connectivity index (χ1n) is 7.03. The molecule has 0 fully saturated rings. The van der Waals surface area contributed by atoms with Gasteiger partial charge in [-0.25, -0.2) is 9.50 Å². The van der Waals surface area contributed by atoms with Crippen LogP contribution in [0.25, 0.3) is 16.9 Å². The summed E-state index contributed by atoms with van der Waals surface area (Å²) in [6, 6.07) is 10.9. The Hall–Kier alpha value is -3.41. The molecule has 0 bridgehead atoms. The number of pyridine rings is 2. The van der Waals surface area contributed by atoms with Crippen LogP contribution in [0, 0.1) is 0 Å². The summed E-state index contributed by atoms with van der Waals surface area (Å²) in [7, 11) is 0. The van der Waals surface area contributed by atoms with Gasteiger partial charge in [-0.05, 0) is 30.3 Å². The van der Waals surface area contributed by atoms with Crippen molar-refractivity contribution in [1.82, 2.24) is 24.6 Å². The van der Waals surface area contributed by atoms with Crippen molar-refractivity contribution in [2.75, 3.05) is 0 Å². The summed E-state index contributed by atoms with van der Waals surface area (Å²) in [5.74, 6) is -0.194. The van der Waals surface area contributed by atoms with Gasteiger partial charge in [0.1, 0.15) is 5.69 Å². The highest BCUT2D eigenvalue weighted by Crippen LogP contribution is 2.21. The first kappa shape index (κ1) is 13.3. The van der Waals surface area contributed by atoms with Gasteiger partial charge in [-0.1, -0.05) is 6.07 Å². The monoisotopic (exact) mass is 301 g/mol. The molecule has 0 atom stereocenters. The van der Waals surface area contributed by atoms with Crippen LogP contribution in [0.3, 0.4) is 0 Å². The van der Waals surface area contributed by atoms with E-state index in [4.69, 9.17) is 0 Å². The van der Waals surface area contributed by atoms with Crippen molar-refractivity contribution in [1.29, 1.82) is 0 Å². The van der Waals surface area contributed by atoms with E-state index in [2.05, 4.69) is 20.1 Å². The fourth-order valence-electron chi connectivity index (χ4n) is 2.43. The molecule has 0 unspecified atom stereocenters. The molecule has 0 aliphatic heterocycles. The van der Waals surface area contributed by atoms with Gasteiger partial charge < -0.3 is 0 Å². The molecule has 6 heteroatoms. The van der Waals surface area contributed by atoms with Crippen LogP contribution in [0.5, 0.6) is 0 Å². The van der Waals surface area contributed by atoms with Crippen LogP contribution in [-0.4, -0.2) is 30.3 Å². The summed E-state index contributed by atoms with van der Waals surface area (Å²) in [6.45, 7) is 0. The van der Waals surface area contributed by atoms with Crippen molar-refractivity contribution in [3.63, 3.8) is 0 Å². The molecule has 0 amide bonds. The van der Waals surface area contributed by atoms with Gasteiger partial charge in [0, 0.05) is 30.4 Å². The molecule has 0 saturated carbocycles. The minimum absolute atomic E-state index is 0.194. The fourth-order valence-corrected chi connectivity index (χ4v) is 2.43. The van der Waals surface area contributed by atoms with Crippen molar-refractivity contribution < 1.29 is 4.79 Å². The van der Waals surface area contributed by atoms with Crippen molar-refractivity contribution in [2.45, 2.75) is 0 Å². The quantitative estimate of drug-likeness (QED) is 0.543. The molecule has 0 spiro atoms. The average molecular weight is 301 g/mol. The van der Waals surface area contributed by atoms with Crippen LogP contribution >= 0.6 is 0 Å². The Morgan fingerprint density at radius 2 is 1.78 bits per heavy atom. The third-order valence-electron chi connectivity index (χ3n) is 3.52. The number of rotatable bonds is 3. The van der Waals surface area contributed by atoms with Crippen LogP contribution in [0.1, 0.15) is 16.1 Å². The molecule has 4 rings (SSSR count). The molecule has 4 aromatic rings. The Bertz CT molecular complexity index is 980. The largest absolute Gasteiger partial charge is 0.287 e. The lowest BCUT2D eigenvalue weighted by Gasteiger charge is -2.04. The van der Waals surface area contributed by atoms with E-state index in [1.54, 1.807) is 47.5 Å². The van der Waals surface area contributed by atoms with Gasteiger partial charge in [-0.3, -0.25) is 14.8 Å². The second kappa shape index (κ2) is 5.42. The van der Waals surface area contributed by atoms with Crippen LogP contribution in [0.15, 0.2) is 67.4 Å². The van der Waals surface area contributed by atoms with E-state index in [1.165, 1.54) is 6.20 Å². The van der Waals surface area contributed by atoms with E-state index in [1.807, 2.05) is 18.2 Å². The van der Waals surface area contributed by atoms with Crippen molar-refractivity contribution in [3.05, 3.63) is 78.6 Å². The highest BCUT2D eigenvalue weighted by molar-refractivity contribution is 6.11. The summed E-state index contributed by atoms with van der Waals surface area (Å²) >= 11 is 0. The molecule has 110 valence electrons. The zero-order chi connectivity index (χ0) is 15.6. The Morgan fingerprint density at radius 3 is 2.57 bits per heavy atom. The van der Waals surface area contributed by atoms with Gasteiger partial charge >= 0.3 is 0 Å². The number of hydrogen-bond acceptors (Lipinski definition) is 5. The van der Waals surface area contributed by atoms with Crippen molar-refractivity contribution >= 4 is 11.4 Å². The SMILES string of the molecule is O=C(c1ccccn1)c1cnn2c(-c3ccncc3)ccnc12. The minimum Gasteiger partial charge on any atom is -0.287 e. The molecule has 0 N–H and O–H groups in total. The third-order valence-corrected chi connectivity index (χ3v) is 3.52. The maximum absolute atomic E-state index is 12.6. The van der Waals surface area contributed by atoms with Gasteiger partial charge in [0.25, 0.3) is 0 Å². The molecular weight excluding hydrogens is 290 g/mol. The Labute approximate surface area is 131 Å². The number of fused-ring (bicyclic) bond motifs is 1. The van der Waals surface area contributed by atoms with Crippen LogP contribution < -0.4 is 0 Å². The van der Waals surface area contributed by atoms with Crippen molar-refractivity contribution in [2.24, 2.45) is 0 Å². The zero-order valence-electron chi connectivity index (χ0n) is 12.0. The predicted octanol–water partition coefficient (Wildman–Crippen LogP) is 2.42. The Balaban J connectivity index is 1.87. The van der Waals surface area contributed by atoms with Crippen LogP contribution in [-0.2, 0) is 0 Å². The van der Waals surface area contributed by atoms with E-state index in [0.717, 1.165) is 11.3 Å². The second-order valence-corrected chi connectivity index (χ2v) is 4.90. The van der Waals surface area contributed by atoms with E-state index in [9.17, 15) is 4.79 Å². The molecular formula is C17H11N5O. The topological polar surface area (TPSA) is 73.0 Å². The maximum Gasteiger partial charge on any atom is 0.216 e. The molecule has 0 saturated heterocycles. The smallest absolute Gasteiger partial charge is 0.216 e. The zero-order valence-corrected chi connectivity index (χ0v) is 12.0. The summed E-state index contributed by atoms with van der Waals surface area (Å²) in [5.41, 5.74) is 3.11. The summed E-state index contributed by atoms with van der Waals surface area (Å²) in [4.78, 5) is 25.0. The van der Waals surface area contributed by atoms with Crippen LogP contribution in [0.4, 0.5) is 0 Å². The van der Waals surface area contributed by atoms with E-state index in [-0.39, 0.29) is 5.78 Å². The number of carbonyl (C=O) groups is 1. The molecule has 4 aromatic heterocycles. The van der Waals surface area contributed by atoms with Gasteiger partial charge in [-0.2, -0.15) is 5.10 Å². The second-order valence-electron chi connectivity index (χ2n) is 4.90. The fraction of sp³-hybridized carbons (Fsp3) is 0. The average Bonchev–Trinajstić information content (AvgIpc) is 3.06. The Morgan fingerprint density at radius 1 is 0.913 bits per heavy atom. The lowest BCUT2D eigenvalue weighted by Crippen LogP contribution is -2.04. The molecule has 23 heavy (non-hydrogen) atoms. The third kappa shape index (κ3) is 2.26. The van der Waals surface area contributed by atoms with Gasteiger partial charge in [0.15, 0.2) is 5.65 Å². The number of carbonyl (C=O) groups excluding carboxylic acids is 1. The highest BCUT2D eigenvalue weighted by atomic mass is 16.1. The molecule has 0 aliphatic rings. The number of hydrogen-bond donors (Lipinski definition) is 0. The normalized spacial score (nSPS) is 10.8. The summed E-state index contributed by atoms with van der Waals surface area (Å²) in [5, 5.41) is 4.33. The van der Waals surface area contributed by atoms with Crippen molar-refractivity contribution in [3.8, 4) is 11.3 Å². The molecule has 0 radical (unpaired) electrons. The number of aromatic nitrogens is 5. The first-order chi connectivity index (χ1) is 11.3. The van der Waals surface area contributed by atoms with E-state index in [0.29, 0.717) is 16.9 Å². The summed E-state index contributed by atoms with van der Waals surface area (Å²) in [6.07, 6.45) is 8.22. The molecule has 0 aromatic carbocycles. The predicted molar refractivity (Wildman–Crippen MR) is 83.9 cm³/mol. The number of nitrogens with zero attached hydrogens (tertiary/aromatic N) is 5. The first-order valence-corrected chi connectivity index (χ1v) is 7.03. The lowest BCUT2D eigenvalue weighted by molar-refractivity contribution is 0.103. The van der Waals surface area contributed by atoms with Gasteiger partial charge in [0.2, 0.25) is 5.78 Å². The van der Waals surface area contributed by atoms with Gasteiger partial charge in [0.05, 0.1) is 17.5 Å².